The van der Waals surface area contributed by atoms with Gasteiger partial charge in [0.25, 0.3) is 0 Å². The monoisotopic (exact) mass is 255 g/mol. The van der Waals surface area contributed by atoms with Gasteiger partial charge in [-0.3, -0.25) is 4.79 Å². The highest BCUT2D eigenvalue weighted by Crippen LogP contribution is 2.17. The van der Waals surface area contributed by atoms with Crippen LogP contribution >= 0.6 is 0 Å². The van der Waals surface area contributed by atoms with E-state index in [-0.39, 0.29) is 5.91 Å². The average Bonchev–Trinajstić information content (AvgIpc) is 2.62. The van der Waals surface area contributed by atoms with Gasteiger partial charge in [0.05, 0.1) is 5.54 Å². The molecule has 1 unspecified atom stereocenters. The Bertz CT molecular complexity index is 276. The molecule has 1 saturated heterocycles. The van der Waals surface area contributed by atoms with Crippen molar-refractivity contribution in [3.05, 3.63) is 0 Å². The van der Waals surface area contributed by atoms with E-state index in [9.17, 15) is 4.79 Å². The quantitative estimate of drug-likeness (QED) is 0.753. The van der Waals surface area contributed by atoms with Crippen LogP contribution in [0.3, 0.4) is 0 Å². The Balaban J connectivity index is 2.28. The number of amides is 1. The van der Waals surface area contributed by atoms with E-state index in [4.69, 9.17) is 0 Å². The van der Waals surface area contributed by atoms with E-state index in [1.165, 1.54) is 19.4 Å². The first kappa shape index (κ1) is 15.4. The van der Waals surface area contributed by atoms with Crippen molar-refractivity contribution in [1.29, 1.82) is 0 Å². The lowest BCUT2D eigenvalue weighted by molar-refractivity contribution is -0.126. The second-order valence-corrected chi connectivity index (χ2v) is 6.25. The molecule has 1 rings (SSSR count). The van der Waals surface area contributed by atoms with Crippen LogP contribution < -0.4 is 10.6 Å². The Labute approximate surface area is 111 Å². The summed E-state index contributed by atoms with van der Waals surface area (Å²) < 4.78 is 0. The van der Waals surface area contributed by atoms with Gasteiger partial charge in [-0.15, -0.1) is 0 Å². The van der Waals surface area contributed by atoms with E-state index >= 15 is 0 Å². The van der Waals surface area contributed by atoms with E-state index in [2.05, 4.69) is 36.4 Å². The summed E-state index contributed by atoms with van der Waals surface area (Å²) in [4.78, 5) is 14.5. The van der Waals surface area contributed by atoms with Crippen LogP contribution in [-0.2, 0) is 4.79 Å². The zero-order chi connectivity index (χ0) is 13.8. The summed E-state index contributed by atoms with van der Waals surface area (Å²) in [6.07, 6.45) is 3.61. The Morgan fingerprint density at radius 3 is 2.61 bits per heavy atom. The Morgan fingerprint density at radius 2 is 2.11 bits per heavy atom. The molecule has 1 amide bonds. The van der Waals surface area contributed by atoms with Crippen LogP contribution in [0.4, 0.5) is 0 Å². The van der Waals surface area contributed by atoms with Crippen LogP contribution in [0.1, 0.15) is 47.0 Å². The highest BCUT2D eigenvalue weighted by atomic mass is 16.2. The van der Waals surface area contributed by atoms with Crippen molar-refractivity contribution in [3.63, 3.8) is 0 Å². The number of hydrogen-bond donors (Lipinski definition) is 2. The molecule has 0 bridgehead atoms. The smallest absolute Gasteiger partial charge is 0.239 e. The molecule has 0 aliphatic carbocycles. The Morgan fingerprint density at radius 1 is 1.44 bits per heavy atom. The van der Waals surface area contributed by atoms with Gasteiger partial charge < -0.3 is 15.5 Å². The number of carbonyl (C=O) groups is 1. The van der Waals surface area contributed by atoms with Crippen LogP contribution in [-0.4, -0.2) is 48.6 Å². The standard InChI is InChI=1S/C14H29N3O/c1-11(2)16-14(3,4)13(18)15-9-8-12-7-6-10-17(12)5/h11-12,16H,6-10H2,1-5H3,(H,15,18). The largest absolute Gasteiger partial charge is 0.354 e. The van der Waals surface area contributed by atoms with Crippen molar-refractivity contribution < 1.29 is 4.79 Å². The summed E-state index contributed by atoms with van der Waals surface area (Å²) in [6, 6.07) is 0.957. The molecule has 1 aliphatic heterocycles. The molecule has 1 heterocycles. The zero-order valence-electron chi connectivity index (χ0n) is 12.5. The minimum Gasteiger partial charge on any atom is -0.354 e. The van der Waals surface area contributed by atoms with Crippen LogP contribution in [0, 0.1) is 0 Å². The van der Waals surface area contributed by atoms with Gasteiger partial charge in [0.15, 0.2) is 0 Å². The molecule has 18 heavy (non-hydrogen) atoms. The third kappa shape index (κ3) is 4.58. The molecule has 1 fully saturated rings. The van der Waals surface area contributed by atoms with Gasteiger partial charge in [-0.1, -0.05) is 0 Å². The van der Waals surface area contributed by atoms with Crippen molar-refractivity contribution >= 4 is 5.91 Å². The molecular formula is C14H29N3O. The Hall–Kier alpha value is -0.610. The van der Waals surface area contributed by atoms with Gasteiger partial charge in [0, 0.05) is 18.6 Å². The van der Waals surface area contributed by atoms with E-state index in [1.807, 2.05) is 13.8 Å². The molecule has 0 saturated carbocycles. The molecule has 2 N–H and O–H groups in total. The summed E-state index contributed by atoms with van der Waals surface area (Å²) in [5.74, 6) is 0.0943. The first-order chi connectivity index (χ1) is 8.33. The first-order valence-electron chi connectivity index (χ1n) is 7.09. The number of hydrogen-bond acceptors (Lipinski definition) is 3. The minimum atomic E-state index is -0.490. The first-order valence-corrected chi connectivity index (χ1v) is 7.09. The maximum absolute atomic E-state index is 12.1. The number of carbonyl (C=O) groups excluding carboxylic acids is 1. The summed E-state index contributed by atoms with van der Waals surface area (Å²) in [6.45, 7) is 9.95. The lowest BCUT2D eigenvalue weighted by Gasteiger charge is -2.28. The summed E-state index contributed by atoms with van der Waals surface area (Å²) >= 11 is 0. The second kappa shape index (κ2) is 6.53. The lowest BCUT2D eigenvalue weighted by atomic mass is 10.0. The van der Waals surface area contributed by atoms with Gasteiger partial charge in [-0.25, -0.2) is 0 Å². The summed E-state index contributed by atoms with van der Waals surface area (Å²) in [5.41, 5.74) is -0.490. The molecule has 1 atom stereocenters. The van der Waals surface area contributed by atoms with Gasteiger partial charge in [-0.2, -0.15) is 0 Å². The maximum atomic E-state index is 12.1. The van der Waals surface area contributed by atoms with Crippen LogP contribution in [0.15, 0.2) is 0 Å². The highest BCUT2D eigenvalue weighted by molar-refractivity contribution is 5.85. The normalized spacial score (nSPS) is 21.6. The van der Waals surface area contributed by atoms with E-state index in [0.717, 1.165) is 13.0 Å². The van der Waals surface area contributed by atoms with Crippen LogP contribution in [0.2, 0.25) is 0 Å². The van der Waals surface area contributed by atoms with Crippen molar-refractivity contribution in [3.8, 4) is 0 Å². The van der Waals surface area contributed by atoms with Gasteiger partial charge in [-0.05, 0) is 60.5 Å². The van der Waals surface area contributed by atoms with Gasteiger partial charge >= 0.3 is 0 Å². The Kier molecular flexibility index (Phi) is 5.60. The topological polar surface area (TPSA) is 44.4 Å². The summed E-state index contributed by atoms with van der Waals surface area (Å²) in [7, 11) is 2.17. The fourth-order valence-electron chi connectivity index (χ4n) is 2.70. The number of nitrogens with one attached hydrogen (secondary N) is 2. The molecule has 0 radical (unpaired) electrons. The SMILES string of the molecule is CC(C)NC(C)(C)C(=O)NCCC1CCCN1C. The van der Waals surface area contributed by atoms with E-state index in [1.54, 1.807) is 0 Å². The molecule has 0 spiro atoms. The van der Waals surface area contributed by atoms with Gasteiger partial charge in [0.1, 0.15) is 0 Å². The second-order valence-electron chi connectivity index (χ2n) is 6.25. The van der Waals surface area contributed by atoms with Crippen molar-refractivity contribution in [1.82, 2.24) is 15.5 Å². The van der Waals surface area contributed by atoms with Crippen LogP contribution in [0.25, 0.3) is 0 Å². The third-order valence-corrected chi connectivity index (χ3v) is 3.65. The van der Waals surface area contributed by atoms with Crippen molar-refractivity contribution in [2.45, 2.75) is 64.6 Å². The molecule has 0 aromatic rings. The van der Waals surface area contributed by atoms with Crippen LogP contribution in [0.5, 0.6) is 0 Å². The number of likely N-dealkylation sites (tertiary alicyclic amines) is 1. The molecule has 4 heteroatoms. The third-order valence-electron chi connectivity index (χ3n) is 3.65. The molecular weight excluding hydrogens is 226 g/mol. The minimum absolute atomic E-state index is 0.0943. The van der Waals surface area contributed by atoms with E-state index in [0.29, 0.717) is 12.1 Å². The number of nitrogens with zero attached hydrogens (tertiary/aromatic N) is 1. The summed E-state index contributed by atoms with van der Waals surface area (Å²) in [5, 5.41) is 6.33. The molecule has 1 aliphatic rings. The molecule has 4 nitrogen and oxygen atoms in total. The maximum Gasteiger partial charge on any atom is 0.239 e. The average molecular weight is 255 g/mol. The fourth-order valence-corrected chi connectivity index (χ4v) is 2.70. The lowest BCUT2D eigenvalue weighted by Crippen LogP contribution is -2.55. The van der Waals surface area contributed by atoms with Gasteiger partial charge in [0.2, 0.25) is 5.91 Å². The van der Waals surface area contributed by atoms with Crippen molar-refractivity contribution in [2.24, 2.45) is 0 Å². The van der Waals surface area contributed by atoms with Crippen molar-refractivity contribution in [2.75, 3.05) is 20.1 Å². The fraction of sp³-hybridized carbons (Fsp3) is 0.929. The molecule has 106 valence electrons. The van der Waals surface area contributed by atoms with E-state index < -0.39 is 5.54 Å². The predicted octanol–water partition coefficient (Wildman–Crippen LogP) is 1.36. The number of rotatable bonds is 6. The highest BCUT2D eigenvalue weighted by Gasteiger charge is 2.28. The predicted molar refractivity (Wildman–Crippen MR) is 75.6 cm³/mol. The molecule has 0 aromatic heterocycles. The zero-order valence-corrected chi connectivity index (χ0v) is 12.5. The molecule has 0 aromatic carbocycles.